The van der Waals surface area contributed by atoms with Gasteiger partial charge in [-0.1, -0.05) is 24.6 Å². The number of anilines is 1. The van der Waals surface area contributed by atoms with Crippen LogP contribution in [-0.4, -0.2) is 23.6 Å². The molecule has 2 aliphatic rings. The van der Waals surface area contributed by atoms with Crippen molar-refractivity contribution >= 4 is 11.6 Å². The molecule has 3 N–H and O–H groups in total. The minimum atomic E-state index is -1.41. The van der Waals surface area contributed by atoms with E-state index in [9.17, 15) is 9.90 Å². The average Bonchev–Trinajstić information content (AvgIpc) is 2.64. The second kappa shape index (κ2) is 3.82. The molecule has 0 saturated carbocycles. The van der Waals surface area contributed by atoms with E-state index in [4.69, 9.17) is 0 Å². The Kier molecular flexibility index (Phi) is 2.42. The fraction of sp³-hybridized carbons (Fsp3) is 0.462. The Bertz CT molecular complexity index is 454. The second-order valence-electron chi connectivity index (χ2n) is 4.77. The van der Waals surface area contributed by atoms with Crippen LogP contribution in [0.1, 0.15) is 24.8 Å². The van der Waals surface area contributed by atoms with Crippen LogP contribution in [-0.2, 0) is 10.4 Å². The van der Waals surface area contributed by atoms with Crippen molar-refractivity contribution in [1.82, 2.24) is 5.32 Å². The van der Waals surface area contributed by atoms with E-state index in [0.29, 0.717) is 5.56 Å². The number of fused-ring (bicyclic) bond motifs is 1. The van der Waals surface area contributed by atoms with Crippen molar-refractivity contribution in [2.45, 2.75) is 30.9 Å². The first-order chi connectivity index (χ1) is 8.23. The van der Waals surface area contributed by atoms with E-state index in [1.807, 2.05) is 24.3 Å². The van der Waals surface area contributed by atoms with Crippen LogP contribution < -0.4 is 10.6 Å². The summed E-state index contributed by atoms with van der Waals surface area (Å²) in [5, 5.41) is 16.8. The third-order valence-corrected chi connectivity index (χ3v) is 3.75. The molecule has 0 aromatic heterocycles. The topological polar surface area (TPSA) is 61.4 Å². The number of amides is 1. The molecule has 0 bridgehead atoms. The van der Waals surface area contributed by atoms with Crippen molar-refractivity contribution in [3.63, 3.8) is 0 Å². The van der Waals surface area contributed by atoms with Crippen LogP contribution in [0.25, 0.3) is 0 Å². The number of aliphatic hydroxyl groups is 1. The Labute approximate surface area is 100 Å². The molecule has 2 unspecified atom stereocenters. The van der Waals surface area contributed by atoms with Gasteiger partial charge in [-0.15, -0.1) is 0 Å². The van der Waals surface area contributed by atoms with Gasteiger partial charge in [0, 0.05) is 17.3 Å². The predicted molar refractivity (Wildman–Crippen MR) is 64.6 cm³/mol. The normalized spacial score (nSPS) is 32.1. The maximum absolute atomic E-state index is 12.1. The Hall–Kier alpha value is -1.39. The molecule has 0 spiro atoms. The van der Waals surface area contributed by atoms with Gasteiger partial charge in [-0.3, -0.25) is 4.79 Å². The third kappa shape index (κ3) is 1.48. The quantitative estimate of drug-likeness (QED) is 0.676. The summed E-state index contributed by atoms with van der Waals surface area (Å²) in [6, 6.07) is 7.18. The van der Waals surface area contributed by atoms with Crippen molar-refractivity contribution in [1.29, 1.82) is 0 Å². The van der Waals surface area contributed by atoms with E-state index in [-0.39, 0.29) is 11.9 Å². The fourth-order valence-corrected chi connectivity index (χ4v) is 2.82. The first-order valence-electron chi connectivity index (χ1n) is 6.09. The molecule has 4 nitrogen and oxygen atoms in total. The zero-order chi connectivity index (χ0) is 11.9. The van der Waals surface area contributed by atoms with Crippen LogP contribution in [0, 0.1) is 0 Å². The SMILES string of the molecule is O=C1Nc2ccccc2C1(O)C1CCCCN1. The Balaban J connectivity index is 2.03. The zero-order valence-corrected chi connectivity index (χ0v) is 9.57. The van der Waals surface area contributed by atoms with Crippen molar-refractivity contribution < 1.29 is 9.90 Å². The summed E-state index contributed by atoms with van der Waals surface area (Å²) in [6.07, 6.45) is 2.99. The van der Waals surface area contributed by atoms with Gasteiger partial charge in [-0.2, -0.15) is 0 Å². The first-order valence-corrected chi connectivity index (χ1v) is 6.09. The number of carbonyl (C=O) groups is 1. The van der Waals surface area contributed by atoms with Gasteiger partial charge in [0.15, 0.2) is 5.60 Å². The van der Waals surface area contributed by atoms with E-state index in [1.54, 1.807) is 0 Å². The molecule has 2 heterocycles. The molecule has 2 atom stereocenters. The number of nitrogens with one attached hydrogen (secondary N) is 2. The molecule has 4 heteroatoms. The molecule has 17 heavy (non-hydrogen) atoms. The van der Waals surface area contributed by atoms with E-state index in [2.05, 4.69) is 10.6 Å². The van der Waals surface area contributed by atoms with Gasteiger partial charge in [-0.25, -0.2) is 0 Å². The Morgan fingerprint density at radius 2 is 2.12 bits per heavy atom. The molecule has 1 aromatic carbocycles. The molecular formula is C13H16N2O2. The Morgan fingerprint density at radius 1 is 1.29 bits per heavy atom. The van der Waals surface area contributed by atoms with E-state index in [0.717, 1.165) is 31.5 Å². The molecule has 90 valence electrons. The largest absolute Gasteiger partial charge is 0.374 e. The standard InChI is InChI=1S/C13H16N2O2/c16-12-13(17,11-7-3-4-8-14-11)9-5-1-2-6-10(9)15-12/h1-2,5-6,11,14,17H,3-4,7-8H2,(H,15,16). The molecule has 0 aliphatic carbocycles. The lowest BCUT2D eigenvalue weighted by molar-refractivity contribution is -0.137. The van der Waals surface area contributed by atoms with Gasteiger partial charge < -0.3 is 15.7 Å². The molecule has 1 aromatic rings. The molecular weight excluding hydrogens is 216 g/mol. The molecule has 0 radical (unpaired) electrons. The highest BCUT2D eigenvalue weighted by Crippen LogP contribution is 2.40. The highest BCUT2D eigenvalue weighted by atomic mass is 16.3. The van der Waals surface area contributed by atoms with Gasteiger partial charge in [0.2, 0.25) is 0 Å². The number of benzene rings is 1. The number of hydrogen-bond acceptors (Lipinski definition) is 3. The lowest BCUT2D eigenvalue weighted by Crippen LogP contribution is -2.54. The highest BCUT2D eigenvalue weighted by Gasteiger charge is 2.51. The molecule has 3 rings (SSSR count). The monoisotopic (exact) mass is 232 g/mol. The molecule has 2 aliphatic heterocycles. The summed E-state index contributed by atoms with van der Waals surface area (Å²) >= 11 is 0. The molecule has 1 fully saturated rings. The fourth-order valence-electron chi connectivity index (χ4n) is 2.82. The van der Waals surface area contributed by atoms with Crippen LogP contribution in [0.15, 0.2) is 24.3 Å². The minimum Gasteiger partial charge on any atom is -0.374 e. The first kappa shape index (κ1) is 10.7. The average molecular weight is 232 g/mol. The number of para-hydroxylation sites is 1. The van der Waals surface area contributed by atoms with Crippen LogP contribution in [0.5, 0.6) is 0 Å². The zero-order valence-electron chi connectivity index (χ0n) is 9.57. The van der Waals surface area contributed by atoms with Crippen molar-refractivity contribution in [3.05, 3.63) is 29.8 Å². The van der Waals surface area contributed by atoms with E-state index < -0.39 is 5.60 Å². The predicted octanol–water partition coefficient (Wildman–Crippen LogP) is 0.968. The number of hydrogen-bond donors (Lipinski definition) is 3. The summed E-state index contributed by atoms with van der Waals surface area (Å²) < 4.78 is 0. The van der Waals surface area contributed by atoms with Crippen molar-refractivity contribution in [3.8, 4) is 0 Å². The summed E-state index contributed by atoms with van der Waals surface area (Å²) in [5.41, 5.74) is 0.0218. The van der Waals surface area contributed by atoms with Crippen LogP contribution >= 0.6 is 0 Å². The third-order valence-electron chi connectivity index (χ3n) is 3.75. The summed E-state index contributed by atoms with van der Waals surface area (Å²) in [5.74, 6) is -0.307. The lowest BCUT2D eigenvalue weighted by atomic mass is 9.83. The summed E-state index contributed by atoms with van der Waals surface area (Å²) in [6.45, 7) is 0.864. The highest BCUT2D eigenvalue weighted by molar-refractivity contribution is 6.05. The van der Waals surface area contributed by atoms with Gasteiger partial charge >= 0.3 is 0 Å². The summed E-state index contributed by atoms with van der Waals surface area (Å²) in [7, 11) is 0. The lowest BCUT2D eigenvalue weighted by Gasteiger charge is -2.34. The van der Waals surface area contributed by atoms with Gasteiger partial charge in [0.1, 0.15) is 0 Å². The van der Waals surface area contributed by atoms with Crippen molar-refractivity contribution in [2.24, 2.45) is 0 Å². The Morgan fingerprint density at radius 3 is 2.88 bits per heavy atom. The molecule has 1 saturated heterocycles. The van der Waals surface area contributed by atoms with E-state index in [1.165, 1.54) is 0 Å². The van der Waals surface area contributed by atoms with Gasteiger partial charge in [0.25, 0.3) is 5.91 Å². The number of rotatable bonds is 1. The van der Waals surface area contributed by atoms with Crippen molar-refractivity contribution in [2.75, 3.05) is 11.9 Å². The smallest absolute Gasteiger partial charge is 0.262 e. The van der Waals surface area contributed by atoms with E-state index >= 15 is 0 Å². The number of carbonyl (C=O) groups excluding carboxylic acids is 1. The maximum Gasteiger partial charge on any atom is 0.262 e. The van der Waals surface area contributed by atoms with Crippen LogP contribution in [0.3, 0.4) is 0 Å². The second-order valence-corrected chi connectivity index (χ2v) is 4.77. The van der Waals surface area contributed by atoms with Gasteiger partial charge in [0.05, 0.1) is 0 Å². The van der Waals surface area contributed by atoms with Crippen LogP contribution in [0.2, 0.25) is 0 Å². The molecule has 1 amide bonds. The summed E-state index contributed by atoms with van der Waals surface area (Å²) in [4.78, 5) is 12.1. The minimum absolute atomic E-state index is 0.181. The number of piperidine rings is 1. The van der Waals surface area contributed by atoms with Gasteiger partial charge in [-0.05, 0) is 25.5 Å². The maximum atomic E-state index is 12.1. The van der Waals surface area contributed by atoms with Crippen LogP contribution in [0.4, 0.5) is 5.69 Å².